The van der Waals surface area contributed by atoms with Crippen LogP contribution >= 0.6 is 0 Å². The maximum atomic E-state index is 14.1. The summed E-state index contributed by atoms with van der Waals surface area (Å²) in [6.07, 6.45) is 5.06. The molecule has 6 nitrogen and oxygen atoms in total. The molecule has 0 aromatic heterocycles. The number of carbonyl (C=O) groups excluding carboxylic acids is 1. The van der Waals surface area contributed by atoms with Gasteiger partial charge in [0.25, 0.3) is 0 Å². The number of carboxylic acid groups (broad SMARTS) is 1. The summed E-state index contributed by atoms with van der Waals surface area (Å²) >= 11 is 0. The van der Waals surface area contributed by atoms with E-state index in [4.69, 9.17) is 4.74 Å². The van der Waals surface area contributed by atoms with Crippen LogP contribution in [0.2, 0.25) is 0 Å². The summed E-state index contributed by atoms with van der Waals surface area (Å²) in [5.41, 5.74) is 1.73. The first-order chi connectivity index (χ1) is 16.8. The molecule has 35 heavy (non-hydrogen) atoms. The second kappa shape index (κ2) is 15.1. The number of anilines is 1. The lowest BCUT2D eigenvalue weighted by atomic mass is 10.0. The highest BCUT2D eigenvalue weighted by atomic mass is 19.1. The van der Waals surface area contributed by atoms with Gasteiger partial charge in [-0.15, -0.1) is 0 Å². The Morgan fingerprint density at radius 1 is 1.00 bits per heavy atom. The van der Waals surface area contributed by atoms with Crippen LogP contribution in [-0.4, -0.2) is 47.8 Å². The van der Waals surface area contributed by atoms with Crippen LogP contribution in [0.1, 0.15) is 57.1 Å². The van der Waals surface area contributed by atoms with Crippen molar-refractivity contribution in [2.24, 2.45) is 0 Å². The van der Waals surface area contributed by atoms with E-state index in [0.29, 0.717) is 26.1 Å². The average molecular weight is 491 g/mol. The van der Waals surface area contributed by atoms with Crippen LogP contribution in [0.5, 0.6) is 0 Å². The minimum absolute atomic E-state index is 0.0648. The van der Waals surface area contributed by atoms with E-state index in [-0.39, 0.29) is 12.1 Å². The Kier molecular flexibility index (Phi) is 12.2. The van der Waals surface area contributed by atoms with E-state index in [1.165, 1.54) is 6.07 Å². The molecule has 8 heteroatoms. The fourth-order valence-corrected chi connectivity index (χ4v) is 3.82. The molecule has 192 valence electrons. The van der Waals surface area contributed by atoms with Crippen molar-refractivity contribution >= 4 is 17.7 Å². The number of hydrogen-bond acceptors (Lipinski definition) is 3. The zero-order valence-electron chi connectivity index (χ0n) is 20.6. The second-order valence-corrected chi connectivity index (χ2v) is 8.51. The van der Waals surface area contributed by atoms with E-state index >= 15 is 0 Å². The summed E-state index contributed by atoms with van der Waals surface area (Å²) in [6.45, 7) is 5.13. The normalized spacial score (nSPS) is 11.8. The van der Waals surface area contributed by atoms with Gasteiger partial charge in [-0.3, -0.25) is 0 Å². The molecule has 1 unspecified atom stereocenters. The summed E-state index contributed by atoms with van der Waals surface area (Å²) in [7, 11) is 0. The summed E-state index contributed by atoms with van der Waals surface area (Å²) in [6, 6.07) is 10.2. The summed E-state index contributed by atoms with van der Waals surface area (Å²) in [4.78, 5) is 26.0. The lowest BCUT2D eigenvalue weighted by molar-refractivity contribution is -0.149. The van der Waals surface area contributed by atoms with Gasteiger partial charge in [0, 0.05) is 32.2 Å². The molecular formula is C27H36F2N2O4. The molecular weight excluding hydrogens is 454 g/mol. The number of carboxylic acids is 1. The number of amides is 2. The van der Waals surface area contributed by atoms with Gasteiger partial charge in [-0.2, -0.15) is 0 Å². The average Bonchev–Trinajstić information content (AvgIpc) is 2.82. The van der Waals surface area contributed by atoms with Crippen LogP contribution < -0.4 is 5.32 Å². The van der Waals surface area contributed by atoms with Gasteiger partial charge in [-0.25, -0.2) is 18.4 Å². The number of ether oxygens (including phenoxy) is 1. The highest BCUT2D eigenvalue weighted by Gasteiger charge is 2.19. The van der Waals surface area contributed by atoms with E-state index in [0.717, 1.165) is 55.4 Å². The first kappa shape index (κ1) is 28.2. The van der Waals surface area contributed by atoms with E-state index in [2.05, 4.69) is 12.2 Å². The van der Waals surface area contributed by atoms with Crippen molar-refractivity contribution in [1.82, 2.24) is 4.90 Å². The number of halogens is 2. The van der Waals surface area contributed by atoms with Crippen LogP contribution in [0.25, 0.3) is 0 Å². The van der Waals surface area contributed by atoms with Gasteiger partial charge in [0.15, 0.2) is 6.10 Å². The number of urea groups is 1. The lowest BCUT2D eigenvalue weighted by Gasteiger charge is -2.23. The maximum absolute atomic E-state index is 14.1. The lowest BCUT2D eigenvalue weighted by Crippen LogP contribution is -2.37. The minimum Gasteiger partial charge on any atom is -0.479 e. The molecule has 0 aliphatic carbocycles. The van der Waals surface area contributed by atoms with Crippen LogP contribution in [0, 0.1) is 11.6 Å². The van der Waals surface area contributed by atoms with Gasteiger partial charge in [0.1, 0.15) is 11.6 Å². The van der Waals surface area contributed by atoms with E-state index in [1.807, 2.05) is 24.3 Å². The number of aliphatic carboxylic acids is 1. The first-order valence-corrected chi connectivity index (χ1v) is 12.3. The van der Waals surface area contributed by atoms with E-state index in [1.54, 1.807) is 11.8 Å². The monoisotopic (exact) mass is 490 g/mol. The zero-order chi connectivity index (χ0) is 25.6. The number of nitrogens with one attached hydrogen (secondary N) is 1. The quantitative estimate of drug-likeness (QED) is 0.298. The minimum atomic E-state index is -1.00. The third-order valence-electron chi connectivity index (χ3n) is 5.72. The van der Waals surface area contributed by atoms with E-state index in [9.17, 15) is 23.5 Å². The molecule has 2 N–H and O–H groups in total. The van der Waals surface area contributed by atoms with Gasteiger partial charge < -0.3 is 20.1 Å². The van der Waals surface area contributed by atoms with Crippen LogP contribution in [-0.2, 0) is 22.4 Å². The van der Waals surface area contributed by atoms with Gasteiger partial charge in [-0.1, -0.05) is 56.9 Å². The molecule has 2 amide bonds. The van der Waals surface area contributed by atoms with Crippen LogP contribution in [0.4, 0.5) is 19.3 Å². The third kappa shape index (κ3) is 10.0. The molecule has 0 aliphatic rings. The number of hydrogen-bond donors (Lipinski definition) is 2. The van der Waals surface area contributed by atoms with Crippen molar-refractivity contribution in [2.45, 2.75) is 64.9 Å². The number of carbonyl (C=O) groups is 2. The molecule has 1 atom stereocenters. The molecule has 0 saturated carbocycles. The summed E-state index contributed by atoms with van der Waals surface area (Å²) in [5.74, 6) is -2.53. The Labute approximate surface area is 206 Å². The number of rotatable bonds is 15. The van der Waals surface area contributed by atoms with Crippen molar-refractivity contribution in [1.29, 1.82) is 0 Å². The fourth-order valence-electron chi connectivity index (χ4n) is 3.82. The van der Waals surface area contributed by atoms with E-state index < -0.39 is 29.7 Å². The molecule has 0 spiro atoms. The Hall–Kier alpha value is -3.00. The fraction of sp³-hybridized carbons (Fsp3) is 0.481. The van der Waals surface area contributed by atoms with Crippen molar-refractivity contribution in [3.63, 3.8) is 0 Å². The zero-order valence-corrected chi connectivity index (χ0v) is 20.6. The van der Waals surface area contributed by atoms with Crippen molar-refractivity contribution in [2.75, 3.05) is 25.0 Å². The van der Waals surface area contributed by atoms with Crippen molar-refractivity contribution < 1.29 is 28.2 Å². The number of unbranched alkanes of at least 4 members (excludes halogenated alkanes) is 4. The first-order valence-electron chi connectivity index (χ1n) is 12.3. The van der Waals surface area contributed by atoms with Crippen LogP contribution in [0.15, 0.2) is 42.5 Å². The topological polar surface area (TPSA) is 78.9 Å². The number of nitrogens with zero attached hydrogens (tertiary/aromatic N) is 1. The highest BCUT2D eigenvalue weighted by molar-refractivity contribution is 5.89. The highest BCUT2D eigenvalue weighted by Crippen LogP contribution is 2.17. The Balaban J connectivity index is 2.05. The molecule has 0 heterocycles. The predicted octanol–water partition coefficient (Wildman–Crippen LogP) is 6.04. The molecule has 0 fully saturated rings. The van der Waals surface area contributed by atoms with Gasteiger partial charge >= 0.3 is 12.0 Å². The molecule has 0 aliphatic heterocycles. The van der Waals surface area contributed by atoms with Crippen molar-refractivity contribution in [3.05, 3.63) is 65.2 Å². The predicted molar refractivity (Wildman–Crippen MR) is 133 cm³/mol. The van der Waals surface area contributed by atoms with Crippen molar-refractivity contribution in [3.8, 4) is 0 Å². The summed E-state index contributed by atoms with van der Waals surface area (Å²) < 4.78 is 32.6. The molecule has 0 radical (unpaired) electrons. The van der Waals surface area contributed by atoms with Gasteiger partial charge in [0.2, 0.25) is 0 Å². The number of benzene rings is 2. The van der Waals surface area contributed by atoms with Gasteiger partial charge in [0.05, 0.1) is 5.69 Å². The molecule has 0 bridgehead atoms. The van der Waals surface area contributed by atoms with Gasteiger partial charge in [-0.05, 0) is 43.0 Å². The smallest absolute Gasteiger partial charge is 0.333 e. The second-order valence-electron chi connectivity index (χ2n) is 8.51. The molecule has 0 saturated heterocycles. The Morgan fingerprint density at radius 2 is 1.74 bits per heavy atom. The molecule has 2 aromatic carbocycles. The standard InChI is InChI=1S/C27H36F2N2O4/c1-3-5-6-7-8-15-31(27(34)30-24-13-12-22(28)19-23(24)29)16-14-20-10-9-11-21(17-20)18-25(26(32)33)35-4-2/h9-13,17,19,25H,3-8,14-16,18H2,1-2H3,(H,30,34)(H,32,33). The maximum Gasteiger partial charge on any atom is 0.333 e. The van der Waals surface area contributed by atoms with Crippen LogP contribution in [0.3, 0.4) is 0 Å². The molecule has 2 rings (SSSR count). The molecule has 2 aromatic rings. The third-order valence-corrected chi connectivity index (χ3v) is 5.72. The SMILES string of the molecule is CCCCCCCN(CCc1cccc(CC(OCC)C(=O)O)c1)C(=O)Nc1ccc(F)cc1F. The summed E-state index contributed by atoms with van der Waals surface area (Å²) in [5, 5.41) is 11.9. The Bertz CT molecular complexity index is 955. The largest absolute Gasteiger partial charge is 0.479 e. The Morgan fingerprint density at radius 3 is 2.43 bits per heavy atom.